The van der Waals surface area contributed by atoms with Gasteiger partial charge in [0.05, 0.1) is 26.3 Å². The third kappa shape index (κ3) is 3.95. The SMILES string of the molecule is COc1cc(OC)cc(N(CCO)c2ccc3ncc(-c4ccn(C)c4)cc3c2)c1. The molecule has 0 bridgehead atoms. The first-order chi connectivity index (χ1) is 14.6. The Kier molecular flexibility index (Phi) is 5.59. The molecule has 1 N–H and O–H groups in total. The van der Waals surface area contributed by atoms with Crippen molar-refractivity contribution in [2.75, 3.05) is 32.3 Å². The first kappa shape index (κ1) is 19.8. The van der Waals surface area contributed by atoms with Crippen LogP contribution in [0.1, 0.15) is 0 Å². The molecule has 0 aliphatic heterocycles. The zero-order valence-electron chi connectivity index (χ0n) is 17.4. The van der Waals surface area contributed by atoms with Gasteiger partial charge in [0.2, 0.25) is 0 Å². The van der Waals surface area contributed by atoms with Gasteiger partial charge in [-0.05, 0) is 30.3 Å². The molecule has 30 heavy (non-hydrogen) atoms. The Morgan fingerprint density at radius 2 is 1.70 bits per heavy atom. The van der Waals surface area contributed by atoms with Crippen LogP contribution in [0.25, 0.3) is 22.0 Å². The van der Waals surface area contributed by atoms with Gasteiger partial charge in [0, 0.05) is 78.3 Å². The quantitative estimate of drug-likeness (QED) is 0.496. The molecule has 2 aromatic carbocycles. The number of benzene rings is 2. The molecule has 0 atom stereocenters. The molecule has 154 valence electrons. The Bertz CT molecular complexity index is 1150. The summed E-state index contributed by atoms with van der Waals surface area (Å²) in [5.41, 5.74) is 4.95. The zero-order chi connectivity index (χ0) is 21.1. The highest BCUT2D eigenvalue weighted by atomic mass is 16.5. The summed E-state index contributed by atoms with van der Waals surface area (Å²) in [5.74, 6) is 1.39. The second-order valence-corrected chi connectivity index (χ2v) is 7.11. The van der Waals surface area contributed by atoms with E-state index >= 15 is 0 Å². The Morgan fingerprint density at radius 1 is 0.933 bits per heavy atom. The highest BCUT2D eigenvalue weighted by molar-refractivity contribution is 5.87. The van der Waals surface area contributed by atoms with E-state index in [1.807, 2.05) is 59.2 Å². The number of anilines is 2. The van der Waals surface area contributed by atoms with E-state index in [2.05, 4.69) is 29.4 Å². The summed E-state index contributed by atoms with van der Waals surface area (Å²) >= 11 is 0. The summed E-state index contributed by atoms with van der Waals surface area (Å²) in [6.45, 7) is 0.452. The van der Waals surface area contributed by atoms with Crippen LogP contribution in [-0.4, -0.2) is 42.0 Å². The van der Waals surface area contributed by atoms with Crippen LogP contribution in [0, 0.1) is 0 Å². The third-order valence-electron chi connectivity index (χ3n) is 5.11. The Labute approximate surface area is 175 Å². The van der Waals surface area contributed by atoms with Crippen LogP contribution in [0.2, 0.25) is 0 Å². The molecular weight excluding hydrogens is 378 g/mol. The lowest BCUT2D eigenvalue weighted by Crippen LogP contribution is -2.21. The second-order valence-electron chi connectivity index (χ2n) is 7.11. The van der Waals surface area contributed by atoms with Gasteiger partial charge in [-0.3, -0.25) is 4.98 Å². The van der Waals surface area contributed by atoms with Crippen molar-refractivity contribution in [2.24, 2.45) is 7.05 Å². The smallest absolute Gasteiger partial charge is 0.124 e. The van der Waals surface area contributed by atoms with Crippen molar-refractivity contribution < 1.29 is 14.6 Å². The highest BCUT2D eigenvalue weighted by Gasteiger charge is 2.13. The number of aryl methyl sites for hydroxylation is 1. The molecule has 2 aromatic heterocycles. The minimum absolute atomic E-state index is 0.0138. The van der Waals surface area contributed by atoms with E-state index in [0.29, 0.717) is 18.0 Å². The van der Waals surface area contributed by atoms with Crippen molar-refractivity contribution in [3.63, 3.8) is 0 Å². The van der Waals surface area contributed by atoms with Gasteiger partial charge in [-0.2, -0.15) is 0 Å². The summed E-state index contributed by atoms with van der Waals surface area (Å²) in [7, 11) is 5.26. The lowest BCUT2D eigenvalue weighted by molar-refractivity contribution is 0.305. The van der Waals surface area contributed by atoms with Crippen LogP contribution in [0.5, 0.6) is 11.5 Å². The minimum atomic E-state index is 0.0138. The molecule has 0 saturated carbocycles. The van der Waals surface area contributed by atoms with Crippen molar-refractivity contribution >= 4 is 22.3 Å². The van der Waals surface area contributed by atoms with Gasteiger partial charge < -0.3 is 24.0 Å². The number of aliphatic hydroxyl groups is 1. The number of fused-ring (bicyclic) bond motifs is 1. The highest BCUT2D eigenvalue weighted by Crippen LogP contribution is 2.34. The van der Waals surface area contributed by atoms with E-state index in [1.54, 1.807) is 14.2 Å². The molecule has 0 amide bonds. The number of aromatic nitrogens is 2. The molecule has 0 spiro atoms. The average Bonchev–Trinajstić information content (AvgIpc) is 3.22. The zero-order valence-corrected chi connectivity index (χ0v) is 17.4. The normalized spacial score (nSPS) is 10.9. The molecule has 6 nitrogen and oxygen atoms in total. The molecule has 0 aliphatic rings. The first-order valence-electron chi connectivity index (χ1n) is 9.75. The van der Waals surface area contributed by atoms with Gasteiger partial charge in [-0.25, -0.2) is 0 Å². The van der Waals surface area contributed by atoms with Gasteiger partial charge in [0.25, 0.3) is 0 Å². The van der Waals surface area contributed by atoms with E-state index in [9.17, 15) is 5.11 Å². The molecule has 0 radical (unpaired) electrons. The van der Waals surface area contributed by atoms with Crippen molar-refractivity contribution in [2.45, 2.75) is 0 Å². The van der Waals surface area contributed by atoms with Crippen molar-refractivity contribution in [1.29, 1.82) is 0 Å². The summed E-state index contributed by atoms with van der Waals surface area (Å²) < 4.78 is 12.9. The van der Waals surface area contributed by atoms with Crippen molar-refractivity contribution in [1.82, 2.24) is 9.55 Å². The summed E-state index contributed by atoms with van der Waals surface area (Å²) in [4.78, 5) is 6.66. The standard InChI is InChI=1S/C24H25N3O3/c1-26-7-6-17(16-26)19-10-18-11-20(4-5-24(18)25-15-19)27(8-9-28)21-12-22(29-2)14-23(13-21)30-3/h4-7,10-16,28H,8-9H2,1-3H3. The molecule has 4 aromatic rings. The maximum absolute atomic E-state index is 9.70. The van der Waals surface area contributed by atoms with E-state index in [4.69, 9.17) is 9.47 Å². The molecule has 0 unspecified atom stereocenters. The molecule has 2 heterocycles. The molecule has 4 rings (SSSR count). The van der Waals surface area contributed by atoms with Crippen LogP contribution in [0.3, 0.4) is 0 Å². The fraction of sp³-hybridized carbons (Fsp3) is 0.208. The number of ether oxygens (including phenoxy) is 2. The first-order valence-corrected chi connectivity index (χ1v) is 9.75. The van der Waals surface area contributed by atoms with Crippen LogP contribution in [-0.2, 0) is 7.05 Å². The van der Waals surface area contributed by atoms with Crippen LogP contribution >= 0.6 is 0 Å². The predicted molar refractivity (Wildman–Crippen MR) is 120 cm³/mol. The largest absolute Gasteiger partial charge is 0.497 e. The van der Waals surface area contributed by atoms with Crippen molar-refractivity contribution in [3.05, 3.63) is 67.1 Å². The monoisotopic (exact) mass is 403 g/mol. The lowest BCUT2D eigenvalue weighted by atomic mass is 10.1. The Hall–Kier alpha value is -3.51. The van der Waals surface area contributed by atoms with Gasteiger partial charge in [0.1, 0.15) is 11.5 Å². The number of nitrogens with zero attached hydrogens (tertiary/aromatic N) is 3. The van der Waals surface area contributed by atoms with Crippen LogP contribution in [0.15, 0.2) is 67.1 Å². The lowest BCUT2D eigenvalue weighted by Gasteiger charge is -2.25. The maximum Gasteiger partial charge on any atom is 0.124 e. The van der Waals surface area contributed by atoms with Gasteiger partial charge in [-0.15, -0.1) is 0 Å². The fourth-order valence-electron chi connectivity index (χ4n) is 3.57. The predicted octanol–water partition coefficient (Wildman–Crippen LogP) is 4.39. The summed E-state index contributed by atoms with van der Waals surface area (Å²) in [6.07, 6.45) is 6.00. The van der Waals surface area contributed by atoms with E-state index < -0.39 is 0 Å². The second kappa shape index (κ2) is 8.47. The van der Waals surface area contributed by atoms with Crippen LogP contribution < -0.4 is 14.4 Å². The fourth-order valence-corrected chi connectivity index (χ4v) is 3.57. The number of hydrogen-bond acceptors (Lipinski definition) is 5. The average molecular weight is 403 g/mol. The number of rotatable bonds is 7. The third-order valence-corrected chi connectivity index (χ3v) is 5.11. The summed E-state index contributed by atoms with van der Waals surface area (Å²) in [6, 6.07) is 16.0. The van der Waals surface area contributed by atoms with Crippen molar-refractivity contribution in [3.8, 4) is 22.6 Å². The number of aliphatic hydroxyl groups excluding tert-OH is 1. The molecule has 0 saturated heterocycles. The van der Waals surface area contributed by atoms with Gasteiger partial charge in [-0.1, -0.05) is 0 Å². The number of methoxy groups -OCH3 is 2. The number of hydrogen-bond donors (Lipinski definition) is 1. The van der Waals surface area contributed by atoms with Gasteiger partial charge >= 0.3 is 0 Å². The minimum Gasteiger partial charge on any atom is -0.497 e. The Balaban J connectivity index is 1.78. The molecular formula is C24H25N3O3. The van der Waals surface area contributed by atoms with Gasteiger partial charge in [0.15, 0.2) is 0 Å². The number of pyridine rings is 1. The van der Waals surface area contributed by atoms with E-state index in [-0.39, 0.29) is 6.61 Å². The molecule has 0 fully saturated rings. The van der Waals surface area contributed by atoms with E-state index in [1.165, 1.54) is 0 Å². The molecule has 0 aliphatic carbocycles. The van der Waals surface area contributed by atoms with E-state index in [0.717, 1.165) is 33.4 Å². The van der Waals surface area contributed by atoms with Crippen LogP contribution in [0.4, 0.5) is 11.4 Å². The summed E-state index contributed by atoms with van der Waals surface area (Å²) in [5, 5.41) is 10.7. The maximum atomic E-state index is 9.70. The topological polar surface area (TPSA) is 59.8 Å². The molecule has 6 heteroatoms. The Morgan fingerprint density at radius 3 is 2.33 bits per heavy atom.